The van der Waals surface area contributed by atoms with E-state index in [-0.39, 0.29) is 19.1 Å². The molecule has 1 aliphatic carbocycles. The third-order valence-electron chi connectivity index (χ3n) is 4.70. The van der Waals surface area contributed by atoms with Crippen LogP contribution in [0.25, 0.3) is 0 Å². The monoisotopic (exact) mass is 390 g/mol. The van der Waals surface area contributed by atoms with E-state index in [4.69, 9.17) is 9.90 Å². The Bertz CT molecular complexity index is 814. The maximum atomic E-state index is 12.3. The Hall–Kier alpha value is -2.38. The first-order valence-corrected chi connectivity index (χ1v) is 9.58. The molecule has 3 rings (SSSR count). The molecule has 4 N–H and O–H groups in total. The lowest BCUT2D eigenvalue weighted by molar-refractivity contribution is -0.122. The first kappa shape index (κ1) is 20.9. The fourth-order valence-electron chi connectivity index (χ4n) is 3.22. The summed E-state index contributed by atoms with van der Waals surface area (Å²) in [6.45, 7) is 6.35. The van der Waals surface area contributed by atoms with Gasteiger partial charge in [0, 0.05) is 16.1 Å². The maximum Gasteiger partial charge on any atom is 0.324 e. The van der Waals surface area contributed by atoms with Crippen LogP contribution in [0.4, 0.5) is 15.5 Å². The van der Waals surface area contributed by atoms with Gasteiger partial charge >= 0.3 is 6.03 Å². The van der Waals surface area contributed by atoms with Gasteiger partial charge in [-0.1, -0.05) is 32.0 Å². The average Bonchev–Trinajstić information content (AvgIpc) is 2.90. The van der Waals surface area contributed by atoms with Crippen molar-refractivity contribution < 1.29 is 19.8 Å². The van der Waals surface area contributed by atoms with Crippen LogP contribution < -0.4 is 10.6 Å². The first-order chi connectivity index (χ1) is 12.8. The van der Waals surface area contributed by atoms with Gasteiger partial charge in [0.1, 0.15) is 0 Å². The quantitative estimate of drug-likeness (QED) is 0.584. The number of carbonyl (C=O) groups excluding carboxylic acids is 1. The van der Waals surface area contributed by atoms with Crippen molar-refractivity contribution >= 4 is 34.5 Å². The number of nitrogens with one attached hydrogen (secondary N) is 2. The zero-order valence-corrected chi connectivity index (χ0v) is 16.7. The summed E-state index contributed by atoms with van der Waals surface area (Å²) in [6.07, 6.45) is 3.35. The number of thiophene rings is 1. The van der Waals surface area contributed by atoms with Gasteiger partial charge in [0.2, 0.25) is 0 Å². The topological polar surface area (TPSA) is 98.7 Å². The third-order valence-corrected chi connectivity index (χ3v) is 6.01. The number of benzene rings is 1. The number of aliphatic hydroxyl groups excluding tert-OH is 1. The number of amides is 2. The maximum absolute atomic E-state index is 12.3. The Morgan fingerprint density at radius 1 is 1.30 bits per heavy atom. The van der Waals surface area contributed by atoms with Gasteiger partial charge in [0.15, 0.2) is 0 Å². The lowest BCUT2D eigenvalue weighted by Gasteiger charge is -2.29. The van der Waals surface area contributed by atoms with Gasteiger partial charge < -0.3 is 15.5 Å². The molecule has 0 radical (unpaired) electrons. The molecule has 2 aromatic rings. The molecule has 0 saturated carbocycles. The van der Waals surface area contributed by atoms with Crippen molar-refractivity contribution in [3.05, 3.63) is 45.8 Å². The van der Waals surface area contributed by atoms with E-state index >= 15 is 0 Å². The summed E-state index contributed by atoms with van der Waals surface area (Å²) >= 11 is 1.69. The van der Waals surface area contributed by atoms with Crippen LogP contribution in [0.2, 0.25) is 0 Å². The summed E-state index contributed by atoms with van der Waals surface area (Å²) < 4.78 is 0. The second kappa shape index (κ2) is 9.01. The molecule has 0 saturated heterocycles. The van der Waals surface area contributed by atoms with Crippen molar-refractivity contribution in [1.82, 2.24) is 0 Å². The van der Waals surface area contributed by atoms with Crippen LogP contribution in [0, 0.1) is 12.3 Å². The van der Waals surface area contributed by atoms with Crippen LogP contribution in [-0.2, 0) is 24.2 Å². The van der Waals surface area contributed by atoms with Crippen LogP contribution in [-0.4, -0.2) is 22.7 Å². The van der Waals surface area contributed by atoms with Crippen LogP contribution in [0.3, 0.4) is 0 Å². The van der Waals surface area contributed by atoms with Crippen molar-refractivity contribution in [3.63, 3.8) is 0 Å². The highest BCUT2D eigenvalue weighted by atomic mass is 32.1. The molecule has 27 heavy (non-hydrogen) atoms. The zero-order valence-electron chi connectivity index (χ0n) is 15.8. The van der Waals surface area contributed by atoms with Gasteiger partial charge in [-0.05, 0) is 48.8 Å². The summed E-state index contributed by atoms with van der Waals surface area (Å²) in [5, 5.41) is 23.0. The molecule has 0 atom stereocenters. The molecule has 0 fully saturated rings. The number of hydrogen-bond donors (Lipinski definition) is 4. The molecule has 1 heterocycles. The lowest BCUT2D eigenvalue weighted by atomic mass is 9.76. The number of urea groups is 1. The summed E-state index contributed by atoms with van der Waals surface area (Å²) in [6, 6.07) is 7.00. The van der Waals surface area contributed by atoms with E-state index in [1.54, 1.807) is 23.5 Å². The first-order valence-electron chi connectivity index (χ1n) is 8.77. The van der Waals surface area contributed by atoms with E-state index in [0.717, 1.165) is 17.8 Å². The number of fused-ring (bicyclic) bond motifs is 1. The minimum atomic E-state index is -0.267. The summed E-state index contributed by atoms with van der Waals surface area (Å²) in [5.74, 6) is 0. The molecule has 0 unspecified atom stereocenters. The molecular weight excluding hydrogens is 364 g/mol. The number of hydrogen-bond acceptors (Lipinski definition) is 4. The Morgan fingerprint density at radius 3 is 2.63 bits per heavy atom. The molecule has 7 heteroatoms. The number of para-hydroxylation sites is 1. The van der Waals surface area contributed by atoms with E-state index in [0.29, 0.717) is 16.7 Å². The number of rotatable bonds is 3. The van der Waals surface area contributed by atoms with Crippen molar-refractivity contribution in [2.75, 3.05) is 10.6 Å². The number of carbonyl (C=O) groups is 2. The molecule has 2 amide bonds. The predicted molar refractivity (Wildman–Crippen MR) is 109 cm³/mol. The second-order valence-corrected chi connectivity index (χ2v) is 8.40. The third kappa shape index (κ3) is 5.30. The van der Waals surface area contributed by atoms with E-state index < -0.39 is 0 Å². The van der Waals surface area contributed by atoms with Crippen molar-refractivity contribution in [2.45, 2.75) is 46.6 Å². The summed E-state index contributed by atoms with van der Waals surface area (Å²) in [7, 11) is 0. The predicted octanol–water partition coefficient (Wildman–Crippen LogP) is 4.41. The largest absolute Gasteiger partial charge is 0.483 e. The van der Waals surface area contributed by atoms with Gasteiger partial charge in [-0.15, -0.1) is 11.3 Å². The minimum Gasteiger partial charge on any atom is -0.483 e. The number of aryl methyl sites for hydroxylation is 1. The molecular formula is C20H26N2O4S. The fourth-order valence-corrected chi connectivity index (χ4v) is 4.43. The lowest BCUT2D eigenvalue weighted by Crippen LogP contribution is -2.21. The van der Waals surface area contributed by atoms with Crippen LogP contribution in [0.15, 0.2) is 24.3 Å². The molecule has 0 aliphatic heterocycles. The van der Waals surface area contributed by atoms with Crippen molar-refractivity contribution in [1.29, 1.82) is 0 Å². The highest BCUT2D eigenvalue weighted by Gasteiger charge is 2.29. The van der Waals surface area contributed by atoms with E-state index in [1.807, 2.05) is 12.1 Å². The van der Waals surface area contributed by atoms with Crippen molar-refractivity contribution in [2.24, 2.45) is 5.41 Å². The average molecular weight is 391 g/mol. The Balaban J connectivity index is 0.000000817. The summed E-state index contributed by atoms with van der Waals surface area (Å²) in [5.41, 5.74) is 4.27. The Morgan fingerprint density at radius 2 is 1.96 bits per heavy atom. The zero-order chi connectivity index (χ0) is 20.0. The fraction of sp³-hybridized carbons (Fsp3) is 0.400. The Labute approximate surface area is 163 Å². The molecule has 146 valence electrons. The standard InChI is InChI=1S/C19H24N2O2S.CH2O2/c1-12-14-10-19(2,3)9-8-16(14)24-17(12)21-18(23)20-15-7-5-4-6-13(15)11-22;2-1-3/h4-7,22H,8-11H2,1-3H3,(H2,20,21,23);1H,(H,2,3). The second-order valence-electron chi connectivity index (χ2n) is 7.30. The molecule has 0 spiro atoms. The molecule has 6 nitrogen and oxygen atoms in total. The number of aliphatic hydroxyl groups is 1. The number of carboxylic acid groups (broad SMARTS) is 1. The van der Waals surface area contributed by atoms with Crippen LogP contribution in [0.1, 0.15) is 41.8 Å². The smallest absolute Gasteiger partial charge is 0.324 e. The van der Waals surface area contributed by atoms with Gasteiger partial charge in [-0.2, -0.15) is 0 Å². The Kier molecular flexibility index (Phi) is 6.98. The van der Waals surface area contributed by atoms with Gasteiger partial charge in [0.05, 0.1) is 11.6 Å². The molecule has 1 aromatic heterocycles. The normalized spacial score (nSPS) is 14.4. The SMILES string of the molecule is Cc1c(NC(=O)Nc2ccccc2CO)sc2c1CC(C)(C)CC2.O=CO. The summed E-state index contributed by atoms with van der Waals surface area (Å²) in [4.78, 5) is 22.1. The van der Waals surface area contributed by atoms with E-state index in [9.17, 15) is 9.90 Å². The molecule has 1 aromatic carbocycles. The van der Waals surface area contributed by atoms with Crippen LogP contribution in [0.5, 0.6) is 0 Å². The van der Waals surface area contributed by atoms with Gasteiger partial charge in [-0.25, -0.2) is 4.79 Å². The van der Waals surface area contributed by atoms with E-state index in [1.165, 1.54) is 22.4 Å². The molecule has 0 bridgehead atoms. The van der Waals surface area contributed by atoms with Crippen molar-refractivity contribution in [3.8, 4) is 0 Å². The minimum absolute atomic E-state index is 0.0993. The number of anilines is 2. The van der Waals surface area contributed by atoms with E-state index in [2.05, 4.69) is 31.4 Å². The molecule has 1 aliphatic rings. The van der Waals surface area contributed by atoms with Gasteiger partial charge in [-0.3, -0.25) is 10.1 Å². The highest BCUT2D eigenvalue weighted by molar-refractivity contribution is 7.16. The van der Waals surface area contributed by atoms with Gasteiger partial charge in [0.25, 0.3) is 6.47 Å². The highest BCUT2D eigenvalue weighted by Crippen LogP contribution is 2.43. The van der Waals surface area contributed by atoms with Crippen LogP contribution >= 0.6 is 11.3 Å².